The van der Waals surface area contributed by atoms with Crippen LogP contribution in [0.5, 0.6) is 0 Å². The number of rotatable bonds is 7. The monoisotopic (exact) mass is 529 g/mol. The lowest BCUT2D eigenvalue weighted by Crippen LogP contribution is -2.26. The minimum absolute atomic E-state index is 0.0439. The van der Waals surface area contributed by atoms with Crippen molar-refractivity contribution < 1.29 is 14.7 Å². The third-order valence-corrected chi connectivity index (χ3v) is 5.78. The number of nitrogens with two attached hydrogens (primary N) is 2. The number of carbonyl (C=O) groups excluding carboxylic acids is 1. The van der Waals surface area contributed by atoms with Crippen LogP contribution < -0.4 is 22.1 Å². The number of primary amides is 1. The van der Waals surface area contributed by atoms with Crippen LogP contribution in [0.3, 0.4) is 0 Å². The zero-order valence-corrected chi connectivity index (χ0v) is 21.1. The highest BCUT2D eigenvalue weighted by Crippen LogP contribution is 2.33. The Morgan fingerprint density at radius 2 is 1.95 bits per heavy atom. The van der Waals surface area contributed by atoms with Crippen LogP contribution in [0.25, 0.3) is 22.6 Å². The van der Waals surface area contributed by atoms with Gasteiger partial charge in [-0.3, -0.25) is 4.79 Å². The standard InChI is InChI=1S/C27H24ClN7O3/c1-15-5-8-18(28)12-20(15)24-21(25(29)36)13-22(34-24)23-17(14-33-26(30)35-23)7-6-16-3-2-4-19(11-16)31-9-10-32-27(37)38/h2-5,8,11-14,31-32,34H,9-10H2,1H3,(H2,29,36)(H,37,38)(H2,30,33,35). The Morgan fingerprint density at radius 3 is 2.71 bits per heavy atom. The number of nitrogen functional groups attached to an aromatic ring is 1. The van der Waals surface area contributed by atoms with E-state index in [2.05, 4.69) is 37.4 Å². The molecule has 0 spiro atoms. The average molecular weight is 530 g/mol. The number of nitrogens with one attached hydrogen (secondary N) is 3. The topological polar surface area (TPSA) is 172 Å². The zero-order chi connectivity index (χ0) is 27.2. The lowest BCUT2D eigenvalue weighted by Gasteiger charge is -2.07. The maximum atomic E-state index is 12.3. The molecule has 2 aromatic carbocycles. The molecule has 0 bridgehead atoms. The number of aromatic nitrogens is 3. The summed E-state index contributed by atoms with van der Waals surface area (Å²) in [6.45, 7) is 2.59. The molecule has 0 fully saturated rings. The molecule has 192 valence electrons. The molecule has 11 heteroatoms. The molecule has 10 nitrogen and oxygen atoms in total. The van der Waals surface area contributed by atoms with Gasteiger partial charge in [-0.15, -0.1) is 0 Å². The molecule has 0 saturated carbocycles. The van der Waals surface area contributed by atoms with Gasteiger partial charge in [0.05, 0.1) is 22.5 Å². The van der Waals surface area contributed by atoms with Gasteiger partial charge in [0.2, 0.25) is 5.95 Å². The number of aryl methyl sites for hydroxylation is 1. The van der Waals surface area contributed by atoms with E-state index in [0.717, 1.165) is 16.8 Å². The predicted octanol–water partition coefficient (Wildman–Crippen LogP) is 3.86. The predicted molar refractivity (Wildman–Crippen MR) is 147 cm³/mol. The Kier molecular flexibility index (Phi) is 7.80. The van der Waals surface area contributed by atoms with Crippen LogP contribution in [0.4, 0.5) is 16.4 Å². The van der Waals surface area contributed by atoms with Gasteiger partial charge in [-0.1, -0.05) is 35.6 Å². The normalized spacial score (nSPS) is 10.4. The number of hydrogen-bond donors (Lipinski definition) is 6. The fraction of sp³-hybridized carbons (Fsp3) is 0.111. The molecule has 0 aliphatic rings. The second kappa shape index (κ2) is 11.4. The van der Waals surface area contributed by atoms with E-state index in [0.29, 0.717) is 39.8 Å². The van der Waals surface area contributed by atoms with Gasteiger partial charge in [0.1, 0.15) is 5.69 Å². The van der Waals surface area contributed by atoms with Gasteiger partial charge in [-0.25, -0.2) is 14.8 Å². The minimum Gasteiger partial charge on any atom is -0.465 e. The summed E-state index contributed by atoms with van der Waals surface area (Å²) >= 11 is 6.21. The second-order valence-electron chi connectivity index (χ2n) is 8.28. The van der Waals surface area contributed by atoms with Crippen molar-refractivity contribution >= 4 is 35.2 Å². The fourth-order valence-corrected chi connectivity index (χ4v) is 3.94. The highest BCUT2D eigenvalue weighted by atomic mass is 35.5. The fourth-order valence-electron chi connectivity index (χ4n) is 3.77. The number of halogens is 1. The first-order chi connectivity index (χ1) is 18.2. The number of hydrogen-bond acceptors (Lipinski definition) is 6. The third kappa shape index (κ3) is 6.21. The first kappa shape index (κ1) is 26.1. The Bertz CT molecular complexity index is 1590. The zero-order valence-electron chi connectivity index (χ0n) is 20.3. The van der Waals surface area contributed by atoms with Crippen molar-refractivity contribution in [1.29, 1.82) is 0 Å². The molecule has 4 rings (SSSR count). The van der Waals surface area contributed by atoms with E-state index in [1.807, 2.05) is 37.3 Å². The summed E-state index contributed by atoms with van der Waals surface area (Å²) in [6.07, 6.45) is 0.437. The van der Waals surface area contributed by atoms with E-state index in [-0.39, 0.29) is 18.1 Å². The van der Waals surface area contributed by atoms with Crippen molar-refractivity contribution in [2.45, 2.75) is 6.92 Å². The summed E-state index contributed by atoms with van der Waals surface area (Å²) in [7, 11) is 0. The van der Waals surface area contributed by atoms with E-state index >= 15 is 0 Å². The molecule has 2 aromatic heterocycles. The summed E-state index contributed by atoms with van der Waals surface area (Å²) in [4.78, 5) is 34.6. The number of anilines is 2. The van der Waals surface area contributed by atoms with Gasteiger partial charge in [0.15, 0.2) is 0 Å². The van der Waals surface area contributed by atoms with Gasteiger partial charge >= 0.3 is 6.09 Å². The molecule has 2 heterocycles. The summed E-state index contributed by atoms with van der Waals surface area (Å²) < 4.78 is 0. The number of carbonyl (C=O) groups is 2. The van der Waals surface area contributed by atoms with Gasteiger partial charge in [0.25, 0.3) is 5.91 Å². The van der Waals surface area contributed by atoms with E-state index in [4.69, 9.17) is 28.2 Å². The quantitative estimate of drug-likeness (QED) is 0.156. The number of carboxylic acid groups (broad SMARTS) is 1. The molecular formula is C27H24ClN7O3. The van der Waals surface area contributed by atoms with Crippen molar-refractivity contribution in [2.75, 3.05) is 24.1 Å². The lowest BCUT2D eigenvalue weighted by atomic mass is 10.0. The summed E-state index contributed by atoms with van der Waals surface area (Å²) in [6, 6.07) is 14.4. The van der Waals surface area contributed by atoms with Crippen LogP contribution in [0.1, 0.15) is 27.0 Å². The molecule has 0 aliphatic carbocycles. The highest BCUT2D eigenvalue weighted by Gasteiger charge is 2.19. The van der Waals surface area contributed by atoms with E-state index in [9.17, 15) is 9.59 Å². The van der Waals surface area contributed by atoms with Crippen molar-refractivity contribution in [2.24, 2.45) is 5.73 Å². The smallest absolute Gasteiger partial charge is 0.404 e. The Morgan fingerprint density at radius 1 is 1.13 bits per heavy atom. The van der Waals surface area contributed by atoms with Crippen LogP contribution >= 0.6 is 11.6 Å². The van der Waals surface area contributed by atoms with Crippen LogP contribution in [0, 0.1) is 18.8 Å². The Hall–Kier alpha value is -5.01. The van der Waals surface area contributed by atoms with Gasteiger partial charge < -0.3 is 32.2 Å². The molecule has 0 aliphatic heterocycles. The molecule has 38 heavy (non-hydrogen) atoms. The molecule has 0 atom stereocenters. The largest absolute Gasteiger partial charge is 0.465 e. The molecule has 0 saturated heterocycles. The third-order valence-electron chi connectivity index (χ3n) is 5.55. The van der Waals surface area contributed by atoms with Crippen molar-refractivity contribution in [3.05, 3.63) is 82.0 Å². The van der Waals surface area contributed by atoms with Crippen LogP contribution in [-0.4, -0.2) is 45.1 Å². The first-order valence-electron chi connectivity index (χ1n) is 11.5. The summed E-state index contributed by atoms with van der Waals surface area (Å²) in [5.74, 6) is 5.60. The van der Waals surface area contributed by atoms with Crippen molar-refractivity contribution in [1.82, 2.24) is 20.3 Å². The second-order valence-corrected chi connectivity index (χ2v) is 8.71. The summed E-state index contributed by atoms with van der Waals surface area (Å²) in [5.41, 5.74) is 16.9. The van der Waals surface area contributed by atoms with Gasteiger partial charge in [0, 0.05) is 41.1 Å². The first-order valence-corrected chi connectivity index (χ1v) is 11.8. The van der Waals surface area contributed by atoms with Crippen LogP contribution in [0.15, 0.2) is 54.7 Å². The van der Waals surface area contributed by atoms with Gasteiger partial charge in [-0.05, 0) is 48.9 Å². The molecular weight excluding hydrogens is 506 g/mol. The number of nitrogens with zero attached hydrogens (tertiary/aromatic N) is 2. The highest BCUT2D eigenvalue weighted by molar-refractivity contribution is 6.31. The molecule has 2 amide bonds. The number of amides is 2. The SMILES string of the molecule is Cc1ccc(Cl)cc1-c1[nH]c(-c2nc(N)ncc2C#Cc2cccc(NCCNC(=O)O)c2)cc1C(N)=O. The molecule has 4 aromatic rings. The maximum Gasteiger partial charge on any atom is 0.404 e. The lowest BCUT2D eigenvalue weighted by molar-refractivity contribution is 0.100. The number of benzene rings is 2. The maximum absolute atomic E-state index is 12.3. The number of aromatic amines is 1. The van der Waals surface area contributed by atoms with E-state index in [1.54, 1.807) is 18.2 Å². The Labute approximate surface area is 223 Å². The van der Waals surface area contributed by atoms with Crippen LogP contribution in [0.2, 0.25) is 5.02 Å². The van der Waals surface area contributed by atoms with Crippen molar-refractivity contribution in [3.63, 3.8) is 0 Å². The molecule has 8 N–H and O–H groups in total. The van der Waals surface area contributed by atoms with Gasteiger partial charge in [-0.2, -0.15) is 0 Å². The van der Waals surface area contributed by atoms with E-state index < -0.39 is 12.0 Å². The minimum atomic E-state index is -1.08. The van der Waals surface area contributed by atoms with E-state index in [1.165, 1.54) is 6.20 Å². The summed E-state index contributed by atoms with van der Waals surface area (Å²) in [5, 5.41) is 14.6. The van der Waals surface area contributed by atoms with Crippen LogP contribution in [-0.2, 0) is 0 Å². The average Bonchev–Trinajstić information content (AvgIpc) is 3.33. The molecule has 0 unspecified atom stereocenters. The Balaban J connectivity index is 1.69. The van der Waals surface area contributed by atoms with Crippen molar-refractivity contribution in [3.8, 4) is 34.5 Å². The molecule has 0 radical (unpaired) electrons. The number of H-pyrrole nitrogens is 1.